The van der Waals surface area contributed by atoms with E-state index in [1.807, 2.05) is 12.3 Å². The highest BCUT2D eigenvalue weighted by atomic mass is 16.5. The van der Waals surface area contributed by atoms with Crippen molar-refractivity contribution in [1.82, 2.24) is 20.2 Å². The highest BCUT2D eigenvalue weighted by molar-refractivity contribution is 5.56. The van der Waals surface area contributed by atoms with Gasteiger partial charge in [-0.2, -0.15) is 0 Å². The number of hydrogen-bond acceptors (Lipinski definition) is 5. The van der Waals surface area contributed by atoms with Gasteiger partial charge in [-0.3, -0.25) is 0 Å². The lowest BCUT2D eigenvalue weighted by molar-refractivity contribution is 0.407. The van der Waals surface area contributed by atoms with Crippen molar-refractivity contribution < 1.29 is 4.52 Å². The van der Waals surface area contributed by atoms with Crippen molar-refractivity contribution in [3.8, 4) is 0 Å². The number of anilines is 1. The van der Waals surface area contributed by atoms with E-state index in [2.05, 4.69) is 52.8 Å². The standard InChI is InChI=1S/C15H17N5O/c1-11-4-3-5-12(2)15(11)16-8-14-10-20(19-17-14)9-13-6-7-21-18-13/h3-7,10,16H,8-9H2,1-2H3. The molecule has 6 heteroatoms. The molecule has 0 aliphatic carbocycles. The molecular formula is C15H17N5O. The second kappa shape index (κ2) is 5.78. The summed E-state index contributed by atoms with van der Waals surface area (Å²) in [5, 5.41) is 15.5. The Kier molecular flexibility index (Phi) is 3.68. The Labute approximate surface area is 122 Å². The number of hydrogen-bond donors (Lipinski definition) is 1. The number of rotatable bonds is 5. The van der Waals surface area contributed by atoms with E-state index in [4.69, 9.17) is 4.52 Å². The van der Waals surface area contributed by atoms with Crippen molar-refractivity contribution in [1.29, 1.82) is 0 Å². The van der Waals surface area contributed by atoms with Crippen LogP contribution in [0, 0.1) is 13.8 Å². The van der Waals surface area contributed by atoms with Gasteiger partial charge in [0.2, 0.25) is 0 Å². The third-order valence-corrected chi connectivity index (χ3v) is 3.33. The molecule has 21 heavy (non-hydrogen) atoms. The zero-order valence-electron chi connectivity index (χ0n) is 12.1. The van der Waals surface area contributed by atoms with Gasteiger partial charge in [0.1, 0.15) is 17.7 Å². The molecule has 2 aromatic heterocycles. The van der Waals surface area contributed by atoms with Gasteiger partial charge in [0.05, 0.1) is 19.3 Å². The Morgan fingerprint density at radius 1 is 1.14 bits per heavy atom. The minimum Gasteiger partial charge on any atom is -0.379 e. The van der Waals surface area contributed by atoms with Gasteiger partial charge in [0, 0.05) is 11.8 Å². The second-order valence-electron chi connectivity index (χ2n) is 5.02. The highest BCUT2D eigenvalue weighted by Crippen LogP contribution is 2.19. The van der Waals surface area contributed by atoms with Gasteiger partial charge in [-0.15, -0.1) is 5.10 Å². The summed E-state index contributed by atoms with van der Waals surface area (Å²) in [7, 11) is 0. The number of nitrogens with zero attached hydrogens (tertiary/aromatic N) is 4. The first-order valence-electron chi connectivity index (χ1n) is 6.81. The molecule has 0 spiro atoms. The summed E-state index contributed by atoms with van der Waals surface area (Å²) in [6.45, 7) is 5.39. The lowest BCUT2D eigenvalue weighted by atomic mass is 10.1. The molecule has 0 aliphatic rings. The fourth-order valence-electron chi connectivity index (χ4n) is 2.25. The zero-order chi connectivity index (χ0) is 14.7. The van der Waals surface area contributed by atoms with Gasteiger partial charge in [0.15, 0.2) is 0 Å². The second-order valence-corrected chi connectivity index (χ2v) is 5.02. The van der Waals surface area contributed by atoms with Gasteiger partial charge in [-0.25, -0.2) is 4.68 Å². The summed E-state index contributed by atoms with van der Waals surface area (Å²) in [6.07, 6.45) is 3.46. The fraction of sp³-hybridized carbons (Fsp3) is 0.267. The van der Waals surface area contributed by atoms with Crippen LogP contribution in [0.5, 0.6) is 0 Å². The van der Waals surface area contributed by atoms with Crippen LogP contribution in [0.4, 0.5) is 5.69 Å². The smallest absolute Gasteiger partial charge is 0.124 e. The van der Waals surface area contributed by atoms with Crippen LogP contribution in [0.15, 0.2) is 41.2 Å². The van der Waals surface area contributed by atoms with Crippen LogP contribution in [-0.4, -0.2) is 20.2 Å². The Morgan fingerprint density at radius 2 is 1.95 bits per heavy atom. The molecule has 2 heterocycles. The number of aryl methyl sites for hydroxylation is 2. The van der Waals surface area contributed by atoms with Gasteiger partial charge in [-0.05, 0) is 25.0 Å². The molecule has 0 aliphatic heterocycles. The maximum Gasteiger partial charge on any atom is 0.124 e. The van der Waals surface area contributed by atoms with Crippen LogP contribution in [0.1, 0.15) is 22.5 Å². The number of para-hydroxylation sites is 1. The van der Waals surface area contributed by atoms with E-state index in [-0.39, 0.29) is 0 Å². The topological polar surface area (TPSA) is 68.8 Å². The molecule has 0 amide bonds. The molecule has 0 fully saturated rings. The summed E-state index contributed by atoms with van der Waals surface area (Å²) in [6, 6.07) is 8.06. The summed E-state index contributed by atoms with van der Waals surface area (Å²) >= 11 is 0. The third-order valence-electron chi connectivity index (χ3n) is 3.33. The summed E-state index contributed by atoms with van der Waals surface area (Å²) in [4.78, 5) is 0. The predicted molar refractivity (Wildman–Crippen MR) is 78.9 cm³/mol. The van der Waals surface area contributed by atoms with Crippen LogP contribution >= 0.6 is 0 Å². The lowest BCUT2D eigenvalue weighted by Gasteiger charge is -2.10. The maximum absolute atomic E-state index is 4.80. The molecule has 6 nitrogen and oxygen atoms in total. The highest BCUT2D eigenvalue weighted by Gasteiger charge is 2.05. The summed E-state index contributed by atoms with van der Waals surface area (Å²) in [5.74, 6) is 0. The third kappa shape index (κ3) is 3.10. The maximum atomic E-state index is 4.80. The van der Waals surface area contributed by atoms with Crippen molar-refractivity contribution in [2.45, 2.75) is 26.9 Å². The van der Waals surface area contributed by atoms with Crippen molar-refractivity contribution in [3.05, 3.63) is 59.2 Å². The Hall–Kier alpha value is -2.63. The number of nitrogens with one attached hydrogen (secondary N) is 1. The first kappa shape index (κ1) is 13.4. The monoisotopic (exact) mass is 283 g/mol. The van der Waals surface area contributed by atoms with E-state index in [1.165, 1.54) is 11.1 Å². The molecule has 3 rings (SSSR count). The van der Waals surface area contributed by atoms with Gasteiger partial charge in [0.25, 0.3) is 0 Å². The van der Waals surface area contributed by atoms with Crippen LogP contribution in [0.25, 0.3) is 0 Å². The van der Waals surface area contributed by atoms with Crippen LogP contribution in [0.3, 0.4) is 0 Å². The SMILES string of the molecule is Cc1cccc(C)c1NCc1cn(Cc2ccon2)nn1. The minimum atomic E-state index is 0.562. The first-order chi connectivity index (χ1) is 10.2. The molecule has 1 aromatic carbocycles. The lowest BCUT2D eigenvalue weighted by Crippen LogP contribution is -2.03. The molecule has 0 bridgehead atoms. The summed E-state index contributed by atoms with van der Waals surface area (Å²) < 4.78 is 6.55. The molecule has 0 atom stereocenters. The van der Waals surface area contributed by atoms with E-state index in [1.54, 1.807) is 10.9 Å². The van der Waals surface area contributed by atoms with Crippen LogP contribution < -0.4 is 5.32 Å². The summed E-state index contributed by atoms with van der Waals surface area (Å²) in [5.41, 5.74) is 5.33. The van der Waals surface area contributed by atoms with Crippen molar-refractivity contribution >= 4 is 5.69 Å². The fourth-order valence-corrected chi connectivity index (χ4v) is 2.25. The number of aromatic nitrogens is 4. The van der Waals surface area contributed by atoms with E-state index >= 15 is 0 Å². The molecule has 1 N–H and O–H groups in total. The quantitative estimate of drug-likeness (QED) is 0.779. The molecule has 0 radical (unpaired) electrons. The van der Waals surface area contributed by atoms with Gasteiger partial charge < -0.3 is 9.84 Å². The van der Waals surface area contributed by atoms with E-state index < -0.39 is 0 Å². The average Bonchev–Trinajstić information content (AvgIpc) is 3.11. The Bertz CT molecular complexity index is 697. The van der Waals surface area contributed by atoms with E-state index in [0.29, 0.717) is 13.1 Å². The van der Waals surface area contributed by atoms with Gasteiger partial charge >= 0.3 is 0 Å². The molecule has 0 saturated heterocycles. The number of benzene rings is 1. The van der Waals surface area contributed by atoms with Crippen molar-refractivity contribution in [2.24, 2.45) is 0 Å². The normalized spacial score (nSPS) is 10.8. The molecule has 3 aromatic rings. The molecule has 0 unspecified atom stereocenters. The zero-order valence-corrected chi connectivity index (χ0v) is 12.1. The minimum absolute atomic E-state index is 0.562. The first-order valence-corrected chi connectivity index (χ1v) is 6.81. The van der Waals surface area contributed by atoms with Crippen LogP contribution in [-0.2, 0) is 13.1 Å². The van der Waals surface area contributed by atoms with Crippen molar-refractivity contribution in [2.75, 3.05) is 5.32 Å². The molecular weight excluding hydrogens is 266 g/mol. The van der Waals surface area contributed by atoms with Crippen LogP contribution in [0.2, 0.25) is 0 Å². The Morgan fingerprint density at radius 3 is 2.67 bits per heavy atom. The average molecular weight is 283 g/mol. The predicted octanol–water partition coefficient (Wildman–Crippen LogP) is 2.54. The molecule has 108 valence electrons. The van der Waals surface area contributed by atoms with Crippen molar-refractivity contribution in [3.63, 3.8) is 0 Å². The Balaban J connectivity index is 1.65. The largest absolute Gasteiger partial charge is 0.379 e. The van der Waals surface area contributed by atoms with E-state index in [0.717, 1.165) is 17.1 Å². The molecule has 0 saturated carbocycles. The van der Waals surface area contributed by atoms with E-state index in [9.17, 15) is 0 Å². The van der Waals surface area contributed by atoms with Gasteiger partial charge in [-0.1, -0.05) is 28.6 Å².